The van der Waals surface area contributed by atoms with Crippen LogP contribution in [0.2, 0.25) is 0 Å². The Balaban J connectivity index is 2.72. The van der Waals surface area contributed by atoms with E-state index in [1.807, 2.05) is 26.8 Å². The molecule has 0 amide bonds. The minimum Gasteiger partial charge on any atom is -0.508 e. The standard InChI is InChI=1S/C15H16O2/c1-9-6-10(2)11(3)13(7-9)14-8-12(16)4-5-15(14)17/h4-8,16-17H,1-3H3. The van der Waals surface area contributed by atoms with Gasteiger partial charge in [0.15, 0.2) is 0 Å². The van der Waals surface area contributed by atoms with Gasteiger partial charge >= 0.3 is 0 Å². The van der Waals surface area contributed by atoms with E-state index in [0.29, 0.717) is 5.56 Å². The largest absolute Gasteiger partial charge is 0.508 e. The molecule has 2 aromatic carbocycles. The molecule has 0 spiro atoms. The fraction of sp³-hybridized carbons (Fsp3) is 0.200. The molecule has 0 aromatic heterocycles. The Bertz CT molecular complexity index is 571. The molecular formula is C15H16O2. The number of aromatic hydroxyl groups is 2. The van der Waals surface area contributed by atoms with Crippen LogP contribution in [0.15, 0.2) is 30.3 Å². The Hall–Kier alpha value is -1.96. The lowest BCUT2D eigenvalue weighted by molar-refractivity contribution is 0.462. The Labute approximate surface area is 101 Å². The van der Waals surface area contributed by atoms with Crippen molar-refractivity contribution in [2.24, 2.45) is 0 Å². The molecule has 0 atom stereocenters. The van der Waals surface area contributed by atoms with E-state index >= 15 is 0 Å². The second-order valence-electron chi connectivity index (χ2n) is 4.46. The minimum atomic E-state index is 0.163. The Kier molecular flexibility index (Phi) is 2.80. The number of aryl methyl sites for hydroxylation is 2. The van der Waals surface area contributed by atoms with Gasteiger partial charge in [-0.25, -0.2) is 0 Å². The highest BCUT2D eigenvalue weighted by atomic mass is 16.3. The summed E-state index contributed by atoms with van der Waals surface area (Å²) in [6.45, 7) is 6.09. The van der Waals surface area contributed by atoms with E-state index in [2.05, 4.69) is 6.07 Å². The summed E-state index contributed by atoms with van der Waals surface area (Å²) in [5.41, 5.74) is 5.09. The van der Waals surface area contributed by atoms with Gasteiger partial charge in [0.05, 0.1) is 0 Å². The zero-order chi connectivity index (χ0) is 12.6. The van der Waals surface area contributed by atoms with Gasteiger partial charge in [-0.3, -0.25) is 0 Å². The van der Waals surface area contributed by atoms with Crippen LogP contribution in [0.25, 0.3) is 11.1 Å². The number of hydrogen-bond donors (Lipinski definition) is 2. The van der Waals surface area contributed by atoms with Crippen LogP contribution in [0.1, 0.15) is 16.7 Å². The number of benzene rings is 2. The van der Waals surface area contributed by atoms with Crippen LogP contribution in [-0.4, -0.2) is 10.2 Å². The molecule has 0 aliphatic heterocycles. The number of phenols is 2. The van der Waals surface area contributed by atoms with Gasteiger partial charge < -0.3 is 10.2 Å². The molecule has 0 heterocycles. The van der Waals surface area contributed by atoms with Crippen molar-refractivity contribution in [1.29, 1.82) is 0 Å². The fourth-order valence-corrected chi connectivity index (χ4v) is 2.06. The first-order chi connectivity index (χ1) is 7.99. The van der Waals surface area contributed by atoms with Crippen LogP contribution >= 0.6 is 0 Å². The van der Waals surface area contributed by atoms with Gasteiger partial charge in [-0.2, -0.15) is 0 Å². The van der Waals surface area contributed by atoms with Crippen LogP contribution in [-0.2, 0) is 0 Å². The van der Waals surface area contributed by atoms with Crippen LogP contribution < -0.4 is 0 Å². The fourth-order valence-electron chi connectivity index (χ4n) is 2.06. The SMILES string of the molecule is Cc1cc(C)c(C)c(-c2cc(O)ccc2O)c1. The van der Waals surface area contributed by atoms with Crippen molar-refractivity contribution in [2.75, 3.05) is 0 Å². The zero-order valence-electron chi connectivity index (χ0n) is 10.3. The predicted octanol–water partition coefficient (Wildman–Crippen LogP) is 3.69. The molecule has 2 nitrogen and oxygen atoms in total. The van der Waals surface area contributed by atoms with Crippen LogP contribution in [0.4, 0.5) is 0 Å². The van der Waals surface area contributed by atoms with Gasteiger partial charge in [0.25, 0.3) is 0 Å². The quantitative estimate of drug-likeness (QED) is 0.731. The normalized spacial score (nSPS) is 10.5. The third-order valence-corrected chi connectivity index (χ3v) is 3.08. The van der Waals surface area contributed by atoms with Crippen LogP contribution in [0, 0.1) is 20.8 Å². The van der Waals surface area contributed by atoms with Crippen molar-refractivity contribution in [1.82, 2.24) is 0 Å². The van der Waals surface area contributed by atoms with Crippen molar-refractivity contribution < 1.29 is 10.2 Å². The van der Waals surface area contributed by atoms with Crippen molar-refractivity contribution in [2.45, 2.75) is 20.8 Å². The highest BCUT2D eigenvalue weighted by Gasteiger charge is 2.10. The number of hydrogen-bond acceptors (Lipinski definition) is 2. The second-order valence-corrected chi connectivity index (χ2v) is 4.46. The average molecular weight is 228 g/mol. The van der Waals surface area contributed by atoms with Gasteiger partial charge in [0.1, 0.15) is 11.5 Å². The smallest absolute Gasteiger partial charge is 0.123 e. The van der Waals surface area contributed by atoms with Gasteiger partial charge in [0.2, 0.25) is 0 Å². The summed E-state index contributed by atoms with van der Waals surface area (Å²) in [7, 11) is 0. The third kappa shape index (κ3) is 2.11. The molecule has 0 radical (unpaired) electrons. The maximum Gasteiger partial charge on any atom is 0.123 e. The third-order valence-electron chi connectivity index (χ3n) is 3.08. The molecule has 0 aliphatic rings. The monoisotopic (exact) mass is 228 g/mol. The molecule has 88 valence electrons. The van der Waals surface area contributed by atoms with E-state index in [0.717, 1.165) is 16.7 Å². The van der Waals surface area contributed by atoms with Gasteiger partial charge in [-0.15, -0.1) is 0 Å². The summed E-state index contributed by atoms with van der Waals surface area (Å²) in [6, 6.07) is 8.73. The number of rotatable bonds is 1. The Morgan fingerprint density at radius 2 is 1.53 bits per heavy atom. The van der Waals surface area contributed by atoms with Crippen molar-refractivity contribution in [3.63, 3.8) is 0 Å². The topological polar surface area (TPSA) is 40.5 Å². The van der Waals surface area contributed by atoms with E-state index in [9.17, 15) is 10.2 Å². The highest BCUT2D eigenvalue weighted by Crippen LogP contribution is 2.35. The molecule has 2 N–H and O–H groups in total. The van der Waals surface area contributed by atoms with E-state index in [4.69, 9.17) is 0 Å². The van der Waals surface area contributed by atoms with Gasteiger partial charge in [0, 0.05) is 5.56 Å². The van der Waals surface area contributed by atoms with Gasteiger partial charge in [-0.1, -0.05) is 17.7 Å². The molecule has 0 fully saturated rings. The first kappa shape index (κ1) is 11.5. The summed E-state index contributed by atoms with van der Waals surface area (Å²) in [4.78, 5) is 0. The Morgan fingerprint density at radius 1 is 0.824 bits per heavy atom. The first-order valence-electron chi connectivity index (χ1n) is 5.59. The maximum atomic E-state index is 9.88. The predicted molar refractivity (Wildman–Crippen MR) is 69.4 cm³/mol. The molecule has 17 heavy (non-hydrogen) atoms. The van der Waals surface area contributed by atoms with Crippen LogP contribution in [0.5, 0.6) is 11.5 Å². The summed E-state index contributed by atoms with van der Waals surface area (Å²) in [6.07, 6.45) is 0. The van der Waals surface area contributed by atoms with Gasteiger partial charge in [-0.05, 0) is 55.7 Å². The van der Waals surface area contributed by atoms with Crippen molar-refractivity contribution in [3.8, 4) is 22.6 Å². The lowest BCUT2D eigenvalue weighted by atomic mass is 9.94. The maximum absolute atomic E-state index is 9.88. The summed E-state index contributed by atoms with van der Waals surface area (Å²) >= 11 is 0. The van der Waals surface area contributed by atoms with E-state index in [1.165, 1.54) is 17.7 Å². The highest BCUT2D eigenvalue weighted by molar-refractivity contribution is 5.75. The summed E-state index contributed by atoms with van der Waals surface area (Å²) in [5, 5.41) is 19.4. The molecule has 2 heteroatoms. The molecular weight excluding hydrogens is 212 g/mol. The molecule has 0 bridgehead atoms. The molecule has 0 saturated carbocycles. The summed E-state index contributed by atoms with van der Waals surface area (Å²) in [5.74, 6) is 0.354. The van der Waals surface area contributed by atoms with Crippen molar-refractivity contribution in [3.05, 3.63) is 47.0 Å². The summed E-state index contributed by atoms with van der Waals surface area (Å²) < 4.78 is 0. The molecule has 2 rings (SSSR count). The zero-order valence-corrected chi connectivity index (χ0v) is 10.3. The molecule has 0 unspecified atom stereocenters. The first-order valence-corrected chi connectivity index (χ1v) is 5.59. The second kappa shape index (κ2) is 4.13. The lowest BCUT2D eigenvalue weighted by Gasteiger charge is -2.12. The molecule has 2 aromatic rings. The minimum absolute atomic E-state index is 0.163. The molecule has 0 saturated heterocycles. The van der Waals surface area contributed by atoms with E-state index < -0.39 is 0 Å². The number of phenolic OH excluding ortho intramolecular Hbond substituents is 2. The van der Waals surface area contributed by atoms with E-state index in [1.54, 1.807) is 6.07 Å². The Morgan fingerprint density at radius 3 is 2.24 bits per heavy atom. The van der Waals surface area contributed by atoms with E-state index in [-0.39, 0.29) is 11.5 Å². The van der Waals surface area contributed by atoms with Crippen molar-refractivity contribution >= 4 is 0 Å². The van der Waals surface area contributed by atoms with Crippen LogP contribution in [0.3, 0.4) is 0 Å². The lowest BCUT2D eigenvalue weighted by Crippen LogP contribution is -1.90. The molecule has 0 aliphatic carbocycles. The average Bonchev–Trinajstić information content (AvgIpc) is 2.27.